The highest BCUT2D eigenvalue weighted by atomic mass is 79.9. The number of nitrogens with one attached hydrogen (secondary N) is 1. The molecule has 1 amide bonds. The number of anilines is 1. The Balaban J connectivity index is 2.04. The zero-order chi connectivity index (χ0) is 21.0. The normalized spacial score (nSPS) is 10.6. The van der Waals surface area contributed by atoms with Gasteiger partial charge in [0.2, 0.25) is 0 Å². The Hall–Kier alpha value is -2.86. The van der Waals surface area contributed by atoms with E-state index in [4.69, 9.17) is 4.74 Å². The van der Waals surface area contributed by atoms with Crippen molar-refractivity contribution in [3.05, 3.63) is 87.1 Å². The Morgan fingerprint density at radius 2 is 1.79 bits per heavy atom. The molecule has 1 heterocycles. The summed E-state index contributed by atoms with van der Waals surface area (Å²) in [6, 6.07) is 17.2. The first-order valence-corrected chi connectivity index (χ1v) is 10.2. The van der Waals surface area contributed by atoms with Gasteiger partial charge in [-0.2, -0.15) is 0 Å². The van der Waals surface area contributed by atoms with E-state index in [-0.39, 0.29) is 12.5 Å². The van der Waals surface area contributed by atoms with Gasteiger partial charge in [0.15, 0.2) is 0 Å². The number of esters is 1. The molecule has 0 unspecified atom stereocenters. The van der Waals surface area contributed by atoms with Crippen molar-refractivity contribution in [3.63, 3.8) is 0 Å². The molecule has 0 atom stereocenters. The van der Waals surface area contributed by atoms with E-state index in [1.54, 1.807) is 13.8 Å². The van der Waals surface area contributed by atoms with Crippen LogP contribution in [0.25, 0.3) is 0 Å². The van der Waals surface area contributed by atoms with Crippen LogP contribution >= 0.6 is 15.9 Å². The SMILES string of the molecule is CCOC(=O)c1c(C)c(C(=O)Nc2cccc(Br)c2)c(C)n1Cc1ccccc1. The summed E-state index contributed by atoms with van der Waals surface area (Å²) in [5, 5.41) is 2.92. The lowest BCUT2D eigenvalue weighted by Gasteiger charge is -2.12. The van der Waals surface area contributed by atoms with Crippen LogP contribution in [0.5, 0.6) is 0 Å². The van der Waals surface area contributed by atoms with Gasteiger partial charge in [0.1, 0.15) is 5.69 Å². The third kappa shape index (κ3) is 4.59. The maximum Gasteiger partial charge on any atom is 0.355 e. The van der Waals surface area contributed by atoms with Crippen LogP contribution in [0, 0.1) is 13.8 Å². The number of aromatic nitrogens is 1. The molecule has 150 valence electrons. The summed E-state index contributed by atoms with van der Waals surface area (Å²) in [7, 11) is 0. The van der Waals surface area contributed by atoms with Crippen molar-refractivity contribution in [3.8, 4) is 0 Å². The number of carbonyl (C=O) groups excluding carboxylic acids is 2. The van der Waals surface area contributed by atoms with E-state index in [0.717, 1.165) is 15.7 Å². The summed E-state index contributed by atoms with van der Waals surface area (Å²) in [5.41, 5.74) is 3.95. The minimum Gasteiger partial charge on any atom is -0.461 e. The number of nitrogens with zero attached hydrogens (tertiary/aromatic N) is 1. The predicted octanol–water partition coefficient (Wildman–Crippen LogP) is 5.34. The first kappa shape index (κ1) is 20.9. The minimum atomic E-state index is -0.425. The smallest absolute Gasteiger partial charge is 0.355 e. The van der Waals surface area contributed by atoms with Gasteiger partial charge in [-0.3, -0.25) is 4.79 Å². The van der Waals surface area contributed by atoms with Crippen LogP contribution in [-0.4, -0.2) is 23.1 Å². The highest BCUT2D eigenvalue weighted by molar-refractivity contribution is 9.10. The van der Waals surface area contributed by atoms with Crippen molar-refractivity contribution < 1.29 is 14.3 Å². The molecule has 29 heavy (non-hydrogen) atoms. The lowest BCUT2D eigenvalue weighted by Crippen LogP contribution is -2.15. The molecule has 0 spiro atoms. The fraction of sp³-hybridized carbons (Fsp3) is 0.217. The van der Waals surface area contributed by atoms with Gasteiger partial charge < -0.3 is 14.6 Å². The van der Waals surface area contributed by atoms with Crippen molar-refractivity contribution in [2.75, 3.05) is 11.9 Å². The van der Waals surface area contributed by atoms with Gasteiger partial charge in [0.05, 0.1) is 12.2 Å². The Kier molecular flexibility index (Phi) is 6.54. The second-order valence-corrected chi connectivity index (χ2v) is 7.61. The van der Waals surface area contributed by atoms with Crippen LogP contribution < -0.4 is 5.32 Å². The summed E-state index contributed by atoms with van der Waals surface area (Å²) in [6.45, 7) is 6.16. The van der Waals surface area contributed by atoms with E-state index in [2.05, 4.69) is 21.2 Å². The van der Waals surface area contributed by atoms with Gasteiger partial charge in [0.25, 0.3) is 5.91 Å². The standard InChI is InChI=1S/C23H23BrN2O3/c1-4-29-23(28)21-15(2)20(22(27)25-19-12-8-11-18(24)13-19)16(3)26(21)14-17-9-6-5-7-10-17/h5-13H,4,14H2,1-3H3,(H,25,27). The summed E-state index contributed by atoms with van der Waals surface area (Å²) >= 11 is 3.41. The van der Waals surface area contributed by atoms with Crippen LogP contribution in [0.2, 0.25) is 0 Å². The van der Waals surface area contributed by atoms with E-state index in [0.29, 0.717) is 29.1 Å². The number of hydrogen-bond donors (Lipinski definition) is 1. The van der Waals surface area contributed by atoms with Crippen LogP contribution in [0.3, 0.4) is 0 Å². The summed E-state index contributed by atoms with van der Waals surface area (Å²) in [4.78, 5) is 25.8. The average Bonchev–Trinajstić information content (AvgIpc) is 2.92. The zero-order valence-electron chi connectivity index (χ0n) is 16.7. The van der Waals surface area contributed by atoms with Crippen molar-refractivity contribution >= 4 is 33.5 Å². The van der Waals surface area contributed by atoms with Crippen LogP contribution in [-0.2, 0) is 11.3 Å². The van der Waals surface area contributed by atoms with Crippen LogP contribution in [0.1, 0.15) is 44.6 Å². The number of carbonyl (C=O) groups is 2. The van der Waals surface area contributed by atoms with Gasteiger partial charge in [-0.25, -0.2) is 4.79 Å². The summed E-state index contributed by atoms with van der Waals surface area (Å²) < 4.78 is 8.00. The van der Waals surface area contributed by atoms with E-state index < -0.39 is 5.97 Å². The van der Waals surface area contributed by atoms with E-state index in [1.165, 1.54) is 0 Å². The molecule has 1 aromatic heterocycles. The maximum atomic E-state index is 13.1. The molecule has 0 aliphatic heterocycles. The third-order valence-corrected chi connectivity index (χ3v) is 5.22. The zero-order valence-corrected chi connectivity index (χ0v) is 18.2. The number of amides is 1. The second kappa shape index (κ2) is 9.09. The van der Waals surface area contributed by atoms with Gasteiger partial charge in [-0.05, 0) is 50.1 Å². The Morgan fingerprint density at radius 1 is 1.07 bits per heavy atom. The molecule has 3 rings (SSSR count). The average molecular weight is 455 g/mol. The lowest BCUT2D eigenvalue weighted by molar-refractivity contribution is 0.0513. The van der Waals surface area contributed by atoms with Crippen molar-refractivity contribution in [1.29, 1.82) is 0 Å². The molecule has 0 saturated heterocycles. The predicted molar refractivity (Wildman–Crippen MR) is 118 cm³/mol. The first-order chi connectivity index (χ1) is 13.9. The Morgan fingerprint density at radius 3 is 2.45 bits per heavy atom. The fourth-order valence-electron chi connectivity index (χ4n) is 3.42. The molecule has 0 fully saturated rings. The molecule has 1 N–H and O–H groups in total. The topological polar surface area (TPSA) is 60.3 Å². The van der Waals surface area contributed by atoms with Crippen LogP contribution in [0.4, 0.5) is 5.69 Å². The summed E-state index contributed by atoms with van der Waals surface area (Å²) in [6.07, 6.45) is 0. The van der Waals surface area contributed by atoms with Crippen molar-refractivity contribution in [2.45, 2.75) is 27.3 Å². The number of halogens is 1. The van der Waals surface area contributed by atoms with Gasteiger partial charge in [-0.15, -0.1) is 0 Å². The second-order valence-electron chi connectivity index (χ2n) is 6.69. The minimum absolute atomic E-state index is 0.254. The first-order valence-electron chi connectivity index (χ1n) is 9.40. The van der Waals surface area contributed by atoms with E-state index >= 15 is 0 Å². The molecule has 5 nitrogen and oxygen atoms in total. The van der Waals surface area contributed by atoms with E-state index in [9.17, 15) is 9.59 Å². The molecule has 0 saturated carbocycles. The van der Waals surface area contributed by atoms with Crippen molar-refractivity contribution in [2.24, 2.45) is 0 Å². The quantitative estimate of drug-likeness (QED) is 0.510. The molecular weight excluding hydrogens is 432 g/mol. The maximum absolute atomic E-state index is 13.1. The molecule has 0 radical (unpaired) electrons. The molecule has 6 heteroatoms. The van der Waals surface area contributed by atoms with Crippen LogP contribution in [0.15, 0.2) is 59.1 Å². The molecular formula is C23H23BrN2O3. The Labute approximate surface area is 178 Å². The number of ether oxygens (including phenoxy) is 1. The number of hydrogen-bond acceptors (Lipinski definition) is 3. The van der Waals surface area contributed by atoms with Gasteiger partial charge in [-0.1, -0.05) is 52.3 Å². The van der Waals surface area contributed by atoms with Gasteiger partial charge >= 0.3 is 5.97 Å². The molecule has 0 aliphatic rings. The molecule has 2 aromatic carbocycles. The highest BCUT2D eigenvalue weighted by Crippen LogP contribution is 2.26. The Bertz CT molecular complexity index is 1040. The molecule has 0 aliphatic carbocycles. The monoisotopic (exact) mass is 454 g/mol. The molecule has 0 bridgehead atoms. The third-order valence-electron chi connectivity index (χ3n) is 4.73. The fourth-order valence-corrected chi connectivity index (χ4v) is 3.81. The van der Waals surface area contributed by atoms with E-state index in [1.807, 2.05) is 66.1 Å². The highest BCUT2D eigenvalue weighted by Gasteiger charge is 2.27. The van der Waals surface area contributed by atoms with Crippen molar-refractivity contribution in [1.82, 2.24) is 4.57 Å². The van der Waals surface area contributed by atoms with Gasteiger partial charge in [0, 0.05) is 22.4 Å². The summed E-state index contributed by atoms with van der Waals surface area (Å²) in [5.74, 6) is -0.680. The molecule has 3 aromatic rings. The lowest BCUT2D eigenvalue weighted by atomic mass is 10.1. The number of benzene rings is 2. The number of rotatable bonds is 6. The largest absolute Gasteiger partial charge is 0.461 e.